The molecule has 73 heavy (non-hydrogen) atoms. The molecule has 4 aromatic carbocycles. The van der Waals surface area contributed by atoms with Gasteiger partial charge in [-0.2, -0.15) is 38.2 Å². The molecule has 0 aromatic heterocycles. The van der Waals surface area contributed by atoms with Gasteiger partial charge >= 0.3 is 5.97 Å². The van der Waals surface area contributed by atoms with E-state index in [0.717, 1.165) is 12.1 Å². The number of hydrogen-bond acceptors (Lipinski definition) is 15. The molecule has 0 saturated heterocycles. The van der Waals surface area contributed by atoms with Crippen molar-refractivity contribution in [2.24, 2.45) is 0 Å². The van der Waals surface area contributed by atoms with E-state index in [9.17, 15) is 74.8 Å². The molecule has 2 atom stereocenters. The van der Waals surface area contributed by atoms with Gasteiger partial charge in [-0.25, -0.2) is 8.42 Å². The van der Waals surface area contributed by atoms with E-state index < -0.39 is 92.7 Å². The molecular weight excluding hydrogens is 1060 g/mol. The highest BCUT2D eigenvalue weighted by Crippen LogP contribution is 2.54. The van der Waals surface area contributed by atoms with Gasteiger partial charge in [0.15, 0.2) is 5.71 Å². The Balaban J connectivity index is 1.54. The van der Waals surface area contributed by atoms with Crippen LogP contribution in [-0.2, 0) is 75.7 Å². The number of allylic oxidation sites excluding steroid dienone is 6. The number of nitrogens with zero attached hydrogens (tertiary/aromatic N) is 2. The molecule has 0 saturated carbocycles. The highest BCUT2D eigenvalue weighted by atomic mass is 32.2. The maximum absolute atomic E-state index is 12.7. The quantitative estimate of drug-likeness (QED) is 0.0227. The standard InChI is InChI=1S/C47H56N2O19S5/c1-5-48-37-18-16-33-35(27-31(70(55,56)57)29-39(33)72(61,62)63)44(37)46(2,20-12-26-69(52,53)54)41(48)13-8-6-9-14-42-47(3,21-23-68-25-24-67-4)45-36-28-32(71(58,59)60)30-40(73(64,65)66)34(36)17-19-38(45)49(42)22-11-7-10-15-43(50)51/h6,8-9,13-14,16-19,27-30H,5,7,10-12,15,20-26H2,1-4H3,(H5-,50,51,52,53,54,55,56,57,58,59,60,61,62,63,64,65,66). The van der Waals surface area contributed by atoms with E-state index in [0.29, 0.717) is 65.3 Å². The van der Waals surface area contributed by atoms with E-state index in [-0.39, 0.29) is 80.1 Å². The molecule has 398 valence electrons. The van der Waals surface area contributed by atoms with Crippen LogP contribution in [0.15, 0.2) is 104 Å². The Hall–Kier alpha value is -4.97. The van der Waals surface area contributed by atoms with E-state index in [1.54, 1.807) is 56.4 Å². The number of benzene rings is 4. The molecule has 2 aliphatic heterocycles. The third-order valence-electron chi connectivity index (χ3n) is 13.2. The number of carboxylic acid groups (broad SMARTS) is 1. The van der Waals surface area contributed by atoms with Gasteiger partial charge in [-0.05, 0) is 117 Å². The summed E-state index contributed by atoms with van der Waals surface area (Å²) in [5, 5.41) is 9.17. The number of hydrogen-bond donors (Lipinski definition) is 5. The molecule has 6 rings (SSSR count). The van der Waals surface area contributed by atoms with Crippen LogP contribution < -0.4 is 4.90 Å². The molecule has 2 aliphatic rings. The molecule has 0 radical (unpaired) electrons. The number of carboxylic acids is 1. The zero-order chi connectivity index (χ0) is 54.1. The molecule has 21 nitrogen and oxygen atoms in total. The molecule has 0 aliphatic carbocycles. The Labute approximate surface area is 424 Å². The van der Waals surface area contributed by atoms with Crippen LogP contribution >= 0.6 is 0 Å². The number of rotatable bonds is 24. The summed E-state index contributed by atoms with van der Waals surface area (Å²) in [6.07, 6.45) is 9.74. The van der Waals surface area contributed by atoms with Gasteiger partial charge in [-0.1, -0.05) is 30.7 Å². The Kier molecular flexibility index (Phi) is 17.0. The maximum Gasteiger partial charge on any atom is 0.303 e. The Morgan fingerprint density at radius 3 is 1.89 bits per heavy atom. The van der Waals surface area contributed by atoms with Crippen LogP contribution in [0, 0.1) is 0 Å². The van der Waals surface area contributed by atoms with Crippen LogP contribution in [0.5, 0.6) is 0 Å². The predicted molar refractivity (Wildman–Crippen MR) is 268 cm³/mol. The predicted octanol–water partition coefficient (Wildman–Crippen LogP) is 6.15. The number of ether oxygens (including phenoxy) is 2. The highest BCUT2D eigenvalue weighted by molar-refractivity contribution is 7.87. The lowest BCUT2D eigenvalue weighted by Gasteiger charge is -2.31. The lowest BCUT2D eigenvalue weighted by atomic mass is 9.74. The van der Waals surface area contributed by atoms with Crippen molar-refractivity contribution in [1.29, 1.82) is 0 Å². The van der Waals surface area contributed by atoms with Gasteiger partial charge in [0.05, 0.1) is 39.1 Å². The first kappa shape index (κ1) is 57.3. The first-order valence-corrected chi connectivity index (χ1v) is 30.0. The summed E-state index contributed by atoms with van der Waals surface area (Å²) in [7, 11) is -23.5. The maximum atomic E-state index is 12.7. The number of methoxy groups -OCH3 is 1. The summed E-state index contributed by atoms with van der Waals surface area (Å²) in [6, 6.07) is 9.32. The minimum atomic E-state index is -5.32. The van der Waals surface area contributed by atoms with Crippen molar-refractivity contribution in [3.8, 4) is 0 Å². The van der Waals surface area contributed by atoms with E-state index in [2.05, 4.69) is 0 Å². The van der Waals surface area contributed by atoms with Gasteiger partial charge in [0.25, 0.3) is 40.5 Å². The minimum Gasteiger partial charge on any atom is -0.744 e. The lowest BCUT2D eigenvalue weighted by Crippen LogP contribution is -2.32. The molecule has 2 heterocycles. The molecular formula is C47H56N2O19S5. The second-order valence-corrected chi connectivity index (χ2v) is 25.2. The lowest BCUT2D eigenvalue weighted by molar-refractivity contribution is -0.433. The molecule has 26 heteroatoms. The first-order chi connectivity index (χ1) is 33.9. The first-order valence-electron chi connectivity index (χ1n) is 22.7. The molecule has 0 spiro atoms. The molecule has 2 unspecified atom stereocenters. The largest absolute Gasteiger partial charge is 0.744 e. The van der Waals surface area contributed by atoms with E-state index in [1.807, 2.05) is 16.4 Å². The molecule has 0 fully saturated rings. The molecule has 0 bridgehead atoms. The summed E-state index contributed by atoms with van der Waals surface area (Å²) in [6.45, 7) is 6.45. The topological polar surface area (TPSA) is 337 Å². The van der Waals surface area contributed by atoms with Gasteiger partial charge in [0.1, 0.15) is 21.6 Å². The zero-order valence-electron chi connectivity index (χ0n) is 40.1. The van der Waals surface area contributed by atoms with Gasteiger partial charge in [-0.3, -0.25) is 23.0 Å². The fraction of sp³-hybridized carbons (Fsp3) is 0.404. The summed E-state index contributed by atoms with van der Waals surface area (Å²) in [5.41, 5.74) is 0.442. The van der Waals surface area contributed by atoms with Crippen LogP contribution in [-0.4, -0.2) is 132 Å². The van der Waals surface area contributed by atoms with Crippen molar-refractivity contribution in [3.05, 3.63) is 95.7 Å². The summed E-state index contributed by atoms with van der Waals surface area (Å²) >= 11 is 0. The van der Waals surface area contributed by atoms with Crippen molar-refractivity contribution in [1.82, 2.24) is 0 Å². The molecule has 5 N–H and O–H groups in total. The zero-order valence-corrected chi connectivity index (χ0v) is 44.2. The van der Waals surface area contributed by atoms with Gasteiger partial charge in [0, 0.05) is 66.6 Å². The smallest absolute Gasteiger partial charge is 0.303 e. The van der Waals surface area contributed by atoms with E-state index in [4.69, 9.17) is 9.47 Å². The molecule has 4 aromatic rings. The SMILES string of the molecule is CC[N+]1=C(/C=C/C=C/C=C2/N(CCCCCC(=O)O)c3ccc4c(S(=O)(=O)[O-])cc(S(=O)(=O)O)cc4c3C2(C)CCOCCOC)C(C)(CCCS(=O)(=O)O)c2c1ccc1c(S(=O)(=O)O)cc(S(=O)(=O)O)cc21. The average molecular weight is 1110 g/mol. The van der Waals surface area contributed by atoms with Crippen molar-refractivity contribution in [2.75, 3.05) is 50.7 Å². The Morgan fingerprint density at radius 2 is 1.32 bits per heavy atom. The van der Waals surface area contributed by atoms with Gasteiger partial charge in [-0.15, -0.1) is 0 Å². The Morgan fingerprint density at radius 1 is 0.699 bits per heavy atom. The minimum absolute atomic E-state index is 0.00669. The van der Waals surface area contributed by atoms with Crippen LogP contribution in [0.25, 0.3) is 21.5 Å². The summed E-state index contributed by atoms with van der Waals surface area (Å²) in [5.74, 6) is -1.64. The monoisotopic (exact) mass is 1110 g/mol. The second kappa shape index (κ2) is 21.7. The fourth-order valence-corrected chi connectivity index (χ4v) is 13.2. The fourth-order valence-electron chi connectivity index (χ4n) is 10.0. The summed E-state index contributed by atoms with van der Waals surface area (Å²) < 4.78 is 191. The summed E-state index contributed by atoms with van der Waals surface area (Å²) in [4.78, 5) is 9.94. The van der Waals surface area contributed by atoms with Crippen molar-refractivity contribution in [3.63, 3.8) is 0 Å². The van der Waals surface area contributed by atoms with Gasteiger partial charge < -0.3 is 24.0 Å². The number of anilines is 1. The second-order valence-electron chi connectivity index (χ2n) is 18.0. The van der Waals surface area contributed by atoms with E-state index >= 15 is 0 Å². The van der Waals surface area contributed by atoms with Crippen LogP contribution in [0.4, 0.5) is 11.4 Å². The third kappa shape index (κ3) is 12.4. The van der Waals surface area contributed by atoms with Crippen molar-refractivity contribution in [2.45, 2.75) is 96.1 Å². The van der Waals surface area contributed by atoms with Crippen LogP contribution in [0.2, 0.25) is 0 Å². The van der Waals surface area contributed by atoms with Gasteiger partial charge in [0.2, 0.25) is 5.69 Å². The normalized spacial score (nSPS) is 19.4. The number of unbranched alkanes of at least 4 members (excludes halogenated alkanes) is 2. The van der Waals surface area contributed by atoms with Crippen LogP contribution in [0.1, 0.15) is 76.8 Å². The number of fused-ring (bicyclic) bond motifs is 6. The van der Waals surface area contributed by atoms with Crippen molar-refractivity contribution >= 4 is 95.2 Å². The van der Waals surface area contributed by atoms with E-state index in [1.165, 1.54) is 19.2 Å². The Bertz CT molecular complexity index is 3570. The van der Waals surface area contributed by atoms with Crippen LogP contribution in [0.3, 0.4) is 0 Å². The van der Waals surface area contributed by atoms with Crippen molar-refractivity contribution < 1.29 is 88.8 Å². The third-order valence-corrected chi connectivity index (χ3v) is 17.5. The number of carbonyl (C=O) groups is 1. The molecule has 0 amide bonds. The number of aliphatic carboxylic acids is 1. The average Bonchev–Trinajstić information content (AvgIpc) is 3.66. The highest BCUT2D eigenvalue weighted by Gasteiger charge is 2.49.